The predicted molar refractivity (Wildman–Crippen MR) is 150 cm³/mol. The first-order chi connectivity index (χ1) is 17.8. The van der Waals surface area contributed by atoms with Gasteiger partial charge in [-0.1, -0.05) is 66.7 Å². The Balaban J connectivity index is 1.37. The molecule has 9 rings (SSSR count). The SMILES string of the molecule is c1ccc2cc3c(cc2c1)Cc1cnc2c(ccc4c2ncc2[nH]c5cc6ccccc6cc5c24)c1-3. The van der Waals surface area contributed by atoms with Gasteiger partial charge in [0.1, 0.15) is 0 Å². The molecule has 3 aromatic heterocycles. The van der Waals surface area contributed by atoms with Crippen LogP contribution in [0.5, 0.6) is 0 Å². The number of fused-ring (bicyclic) bond motifs is 13. The lowest BCUT2D eigenvalue weighted by molar-refractivity contribution is 1.23. The van der Waals surface area contributed by atoms with Crippen LogP contribution < -0.4 is 0 Å². The monoisotopic (exact) mass is 457 g/mol. The van der Waals surface area contributed by atoms with Gasteiger partial charge in [-0.15, -0.1) is 0 Å². The van der Waals surface area contributed by atoms with Crippen LogP contribution in [0.4, 0.5) is 0 Å². The van der Waals surface area contributed by atoms with Gasteiger partial charge in [-0.2, -0.15) is 0 Å². The minimum Gasteiger partial charge on any atom is -0.353 e. The topological polar surface area (TPSA) is 41.6 Å². The van der Waals surface area contributed by atoms with E-state index < -0.39 is 0 Å². The first-order valence-electron chi connectivity index (χ1n) is 12.4. The molecule has 36 heavy (non-hydrogen) atoms. The van der Waals surface area contributed by atoms with E-state index in [1.54, 1.807) is 0 Å². The van der Waals surface area contributed by atoms with Gasteiger partial charge in [0.05, 0.1) is 22.7 Å². The fourth-order valence-electron chi connectivity index (χ4n) is 6.37. The number of nitrogens with one attached hydrogen (secondary N) is 1. The van der Waals surface area contributed by atoms with Gasteiger partial charge in [0.2, 0.25) is 0 Å². The highest BCUT2D eigenvalue weighted by atomic mass is 14.8. The Kier molecular flexibility index (Phi) is 3.33. The van der Waals surface area contributed by atoms with E-state index in [0.717, 1.165) is 33.9 Å². The normalized spacial score (nSPS) is 12.9. The number of aromatic nitrogens is 3. The van der Waals surface area contributed by atoms with Crippen LogP contribution in [0.3, 0.4) is 0 Å². The number of rotatable bonds is 0. The van der Waals surface area contributed by atoms with Crippen molar-refractivity contribution in [3.05, 3.63) is 108 Å². The summed E-state index contributed by atoms with van der Waals surface area (Å²) in [7, 11) is 0. The van der Waals surface area contributed by atoms with Crippen molar-refractivity contribution in [2.75, 3.05) is 0 Å². The second-order valence-corrected chi connectivity index (χ2v) is 9.97. The molecule has 0 atom stereocenters. The van der Waals surface area contributed by atoms with E-state index in [-0.39, 0.29) is 0 Å². The zero-order chi connectivity index (χ0) is 23.4. The summed E-state index contributed by atoms with van der Waals surface area (Å²) in [5.41, 5.74) is 9.46. The van der Waals surface area contributed by atoms with Gasteiger partial charge in [-0.05, 0) is 62.0 Å². The van der Waals surface area contributed by atoms with Crippen molar-refractivity contribution in [2.24, 2.45) is 0 Å². The fourth-order valence-corrected chi connectivity index (χ4v) is 6.37. The van der Waals surface area contributed by atoms with Crippen LogP contribution in [-0.4, -0.2) is 15.0 Å². The summed E-state index contributed by atoms with van der Waals surface area (Å²) >= 11 is 0. The van der Waals surface area contributed by atoms with E-state index in [2.05, 4.69) is 96.1 Å². The van der Waals surface area contributed by atoms with E-state index in [1.165, 1.54) is 60.0 Å². The Labute approximate surface area is 206 Å². The van der Waals surface area contributed by atoms with Crippen molar-refractivity contribution in [1.29, 1.82) is 0 Å². The van der Waals surface area contributed by atoms with E-state index in [0.29, 0.717) is 0 Å². The fraction of sp³-hybridized carbons (Fsp3) is 0.0303. The number of H-pyrrole nitrogens is 1. The van der Waals surface area contributed by atoms with Crippen molar-refractivity contribution in [1.82, 2.24) is 15.0 Å². The standard InChI is InChI=1S/C33H19N3/c1-2-6-19-13-26-22(11-18(19)5-1)12-23-16-34-32-24(30(23)26)9-10-25-31-27-14-20-7-3-4-8-21(20)15-28(27)36-29(31)17-35-33(25)32/h1-11,13-17,36H,12H2. The van der Waals surface area contributed by atoms with Gasteiger partial charge in [-0.3, -0.25) is 9.97 Å². The van der Waals surface area contributed by atoms with Gasteiger partial charge < -0.3 is 4.98 Å². The quantitative estimate of drug-likeness (QED) is 0.233. The first kappa shape index (κ1) is 18.6. The molecule has 1 N–H and O–H groups in total. The van der Waals surface area contributed by atoms with Crippen LogP contribution in [0.1, 0.15) is 11.1 Å². The molecule has 0 amide bonds. The number of hydrogen-bond acceptors (Lipinski definition) is 2. The Hall–Kier alpha value is -4.76. The molecule has 0 aliphatic heterocycles. The van der Waals surface area contributed by atoms with Crippen LogP contribution in [0.2, 0.25) is 0 Å². The Morgan fingerprint density at radius 2 is 1.22 bits per heavy atom. The Morgan fingerprint density at radius 1 is 0.556 bits per heavy atom. The maximum absolute atomic E-state index is 4.98. The van der Waals surface area contributed by atoms with Crippen LogP contribution >= 0.6 is 0 Å². The molecular formula is C33H19N3. The summed E-state index contributed by atoms with van der Waals surface area (Å²) in [6, 6.07) is 30.9. The van der Waals surface area contributed by atoms with Crippen molar-refractivity contribution >= 4 is 65.2 Å². The molecule has 0 bridgehead atoms. The number of pyridine rings is 2. The zero-order valence-electron chi connectivity index (χ0n) is 19.3. The molecule has 1 aliphatic carbocycles. The molecule has 3 heteroatoms. The number of benzene rings is 5. The summed E-state index contributed by atoms with van der Waals surface area (Å²) in [6.07, 6.45) is 4.97. The van der Waals surface area contributed by atoms with Crippen LogP contribution in [0.15, 0.2) is 97.3 Å². The van der Waals surface area contributed by atoms with Gasteiger partial charge >= 0.3 is 0 Å². The first-order valence-corrected chi connectivity index (χ1v) is 12.4. The lowest BCUT2D eigenvalue weighted by Gasteiger charge is -2.10. The minimum atomic E-state index is 0.929. The molecule has 8 aromatic rings. The molecule has 0 fully saturated rings. The highest BCUT2D eigenvalue weighted by molar-refractivity contribution is 6.25. The molecule has 3 heterocycles. The smallest absolute Gasteiger partial charge is 0.0972 e. The number of hydrogen-bond donors (Lipinski definition) is 1. The molecule has 5 aromatic carbocycles. The second kappa shape index (κ2) is 6.46. The van der Waals surface area contributed by atoms with Crippen LogP contribution in [0, 0.1) is 0 Å². The van der Waals surface area contributed by atoms with Gasteiger partial charge in [0.25, 0.3) is 0 Å². The lowest BCUT2D eigenvalue weighted by atomic mass is 9.96. The number of aromatic amines is 1. The van der Waals surface area contributed by atoms with Crippen molar-refractivity contribution in [3.8, 4) is 11.1 Å². The van der Waals surface area contributed by atoms with Gasteiger partial charge in [-0.25, -0.2) is 0 Å². The molecule has 0 saturated carbocycles. The average molecular weight is 458 g/mol. The van der Waals surface area contributed by atoms with Crippen molar-refractivity contribution in [3.63, 3.8) is 0 Å². The van der Waals surface area contributed by atoms with Crippen LogP contribution in [-0.2, 0) is 6.42 Å². The molecule has 0 spiro atoms. The molecule has 0 radical (unpaired) electrons. The van der Waals surface area contributed by atoms with Gasteiger partial charge in [0, 0.05) is 39.7 Å². The zero-order valence-corrected chi connectivity index (χ0v) is 19.3. The maximum Gasteiger partial charge on any atom is 0.0972 e. The summed E-state index contributed by atoms with van der Waals surface area (Å²) in [4.78, 5) is 13.5. The third-order valence-electron chi connectivity index (χ3n) is 8.00. The predicted octanol–water partition coefficient (Wildman–Crippen LogP) is 8.30. The molecule has 1 aliphatic rings. The molecule has 3 nitrogen and oxygen atoms in total. The third-order valence-corrected chi connectivity index (χ3v) is 8.00. The van der Waals surface area contributed by atoms with E-state index in [1.807, 2.05) is 6.20 Å². The Morgan fingerprint density at radius 3 is 2.06 bits per heavy atom. The molecule has 0 unspecified atom stereocenters. The molecule has 0 saturated heterocycles. The maximum atomic E-state index is 4.98. The summed E-state index contributed by atoms with van der Waals surface area (Å²) in [6.45, 7) is 0. The summed E-state index contributed by atoms with van der Waals surface area (Å²) < 4.78 is 0. The lowest BCUT2D eigenvalue weighted by Crippen LogP contribution is -1.90. The summed E-state index contributed by atoms with van der Waals surface area (Å²) in [5, 5.41) is 9.84. The average Bonchev–Trinajstić information content (AvgIpc) is 3.47. The van der Waals surface area contributed by atoms with Gasteiger partial charge in [0.15, 0.2) is 0 Å². The van der Waals surface area contributed by atoms with E-state index in [4.69, 9.17) is 9.97 Å². The molecule has 166 valence electrons. The highest BCUT2D eigenvalue weighted by Crippen LogP contribution is 2.44. The Bertz CT molecular complexity index is 2240. The van der Waals surface area contributed by atoms with E-state index >= 15 is 0 Å². The second-order valence-electron chi connectivity index (χ2n) is 9.97. The number of nitrogens with zero attached hydrogens (tertiary/aromatic N) is 2. The minimum absolute atomic E-state index is 0.929. The van der Waals surface area contributed by atoms with Crippen molar-refractivity contribution in [2.45, 2.75) is 6.42 Å². The largest absolute Gasteiger partial charge is 0.353 e. The van der Waals surface area contributed by atoms with E-state index in [9.17, 15) is 0 Å². The third kappa shape index (κ3) is 2.32. The van der Waals surface area contributed by atoms with Crippen molar-refractivity contribution < 1.29 is 0 Å². The molecular weight excluding hydrogens is 438 g/mol. The summed E-state index contributed by atoms with van der Waals surface area (Å²) in [5.74, 6) is 0. The van der Waals surface area contributed by atoms with Crippen LogP contribution in [0.25, 0.3) is 76.3 Å². The highest BCUT2D eigenvalue weighted by Gasteiger charge is 2.23.